The molecule has 1 aromatic heterocycles. The molecule has 0 bridgehead atoms. The Bertz CT molecular complexity index is 694. The number of benzene rings is 1. The zero-order chi connectivity index (χ0) is 15.0. The van der Waals surface area contributed by atoms with Crippen LogP contribution in [0, 0.1) is 0 Å². The summed E-state index contributed by atoms with van der Waals surface area (Å²) in [4.78, 5) is 24.2. The van der Waals surface area contributed by atoms with Crippen LogP contribution in [0.4, 0.5) is 4.39 Å². The standard InChI is InChI=1S/C16H13FO3S/c1-9(18)20-14-8-13(17)16(19)11-5-4-10(7-12(11)14)15-3-2-6-21-15/h2-7,13-14H,8H2,1H3. The summed E-state index contributed by atoms with van der Waals surface area (Å²) in [5, 5.41) is 1.96. The van der Waals surface area contributed by atoms with Crippen molar-refractivity contribution in [3.05, 3.63) is 46.8 Å². The number of esters is 1. The molecule has 2 unspecified atom stereocenters. The van der Waals surface area contributed by atoms with Crippen molar-refractivity contribution in [3.63, 3.8) is 0 Å². The predicted molar refractivity (Wildman–Crippen MR) is 78.1 cm³/mol. The number of hydrogen-bond acceptors (Lipinski definition) is 4. The van der Waals surface area contributed by atoms with E-state index < -0.39 is 24.0 Å². The molecule has 21 heavy (non-hydrogen) atoms. The van der Waals surface area contributed by atoms with E-state index in [0.29, 0.717) is 11.1 Å². The van der Waals surface area contributed by atoms with Gasteiger partial charge < -0.3 is 4.74 Å². The smallest absolute Gasteiger partial charge is 0.303 e. The largest absolute Gasteiger partial charge is 0.458 e. The Balaban J connectivity index is 2.07. The van der Waals surface area contributed by atoms with E-state index in [4.69, 9.17) is 4.74 Å². The first kappa shape index (κ1) is 13.9. The molecule has 1 aliphatic carbocycles. The Hall–Kier alpha value is -2.01. The van der Waals surface area contributed by atoms with Gasteiger partial charge in [-0.05, 0) is 23.1 Å². The molecule has 0 fully saturated rings. The molecule has 0 N–H and O–H groups in total. The molecule has 0 radical (unpaired) electrons. The van der Waals surface area contributed by atoms with Crippen molar-refractivity contribution in [1.82, 2.24) is 0 Å². The molecule has 1 heterocycles. The first-order valence-electron chi connectivity index (χ1n) is 6.59. The number of ketones is 1. The first-order chi connectivity index (χ1) is 10.1. The maximum absolute atomic E-state index is 13.8. The van der Waals surface area contributed by atoms with E-state index in [1.807, 2.05) is 23.6 Å². The molecule has 1 aliphatic rings. The monoisotopic (exact) mass is 304 g/mol. The Morgan fingerprint density at radius 1 is 1.38 bits per heavy atom. The number of fused-ring (bicyclic) bond motifs is 1. The van der Waals surface area contributed by atoms with Gasteiger partial charge in [-0.2, -0.15) is 0 Å². The Labute approximate surface area is 125 Å². The SMILES string of the molecule is CC(=O)OC1CC(F)C(=O)c2ccc(-c3cccs3)cc21. The third kappa shape index (κ3) is 2.61. The lowest BCUT2D eigenvalue weighted by Gasteiger charge is -2.26. The van der Waals surface area contributed by atoms with E-state index in [-0.39, 0.29) is 6.42 Å². The fourth-order valence-corrected chi connectivity index (χ4v) is 3.28. The quantitative estimate of drug-likeness (QED) is 0.789. The highest BCUT2D eigenvalue weighted by atomic mass is 32.1. The highest BCUT2D eigenvalue weighted by Gasteiger charge is 2.35. The Kier molecular flexibility index (Phi) is 3.59. The van der Waals surface area contributed by atoms with Crippen LogP contribution in [0.25, 0.3) is 10.4 Å². The number of Topliss-reactive ketones (excluding diaryl/α,β-unsaturated/α-hetero) is 1. The number of halogens is 1. The minimum atomic E-state index is -1.62. The van der Waals surface area contributed by atoms with Crippen LogP contribution in [-0.2, 0) is 9.53 Å². The number of rotatable bonds is 2. The van der Waals surface area contributed by atoms with Crippen LogP contribution in [0.3, 0.4) is 0 Å². The minimum Gasteiger partial charge on any atom is -0.458 e. The maximum Gasteiger partial charge on any atom is 0.303 e. The van der Waals surface area contributed by atoms with Crippen LogP contribution in [0.2, 0.25) is 0 Å². The molecular weight excluding hydrogens is 291 g/mol. The van der Waals surface area contributed by atoms with Gasteiger partial charge in [0.1, 0.15) is 6.10 Å². The molecule has 5 heteroatoms. The molecule has 2 aromatic rings. The number of hydrogen-bond donors (Lipinski definition) is 0. The summed E-state index contributed by atoms with van der Waals surface area (Å²) in [6, 6.07) is 9.14. The van der Waals surface area contributed by atoms with Crippen LogP contribution in [0.1, 0.15) is 35.4 Å². The predicted octanol–water partition coefficient (Wildman–Crippen LogP) is 3.94. The topological polar surface area (TPSA) is 43.4 Å². The molecule has 3 nitrogen and oxygen atoms in total. The van der Waals surface area contributed by atoms with Gasteiger partial charge in [-0.25, -0.2) is 4.39 Å². The number of carbonyl (C=O) groups is 2. The lowest BCUT2D eigenvalue weighted by molar-refractivity contribution is -0.147. The molecule has 0 saturated carbocycles. The Morgan fingerprint density at radius 3 is 2.86 bits per heavy atom. The lowest BCUT2D eigenvalue weighted by Crippen LogP contribution is -2.28. The summed E-state index contributed by atoms with van der Waals surface area (Å²) in [7, 11) is 0. The summed E-state index contributed by atoms with van der Waals surface area (Å²) in [5.74, 6) is -1.01. The molecule has 1 aromatic carbocycles. The van der Waals surface area contributed by atoms with Gasteiger partial charge in [0, 0.05) is 29.3 Å². The van der Waals surface area contributed by atoms with Gasteiger partial charge in [-0.15, -0.1) is 11.3 Å². The zero-order valence-corrected chi connectivity index (χ0v) is 12.2. The van der Waals surface area contributed by atoms with Crippen molar-refractivity contribution < 1.29 is 18.7 Å². The molecule has 0 amide bonds. The first-order valence-corrected chi connectivity index (χ1v) is 7.47. The van der Waals surface area contributed by atoms with Crippen LogP contribution >= 0.6 is 11.3 Å². The van der Waals surface area contributed by atoms with E-state index in [9.17, 15) is 14.0 Å². The highest BCUT2D eigenvalue weighted by Crippen LogP contribution is 2.37. The summed E-state index contributed by atoms with van der Waals surface area (Å²) >= 11 is 1.58. The molecule has 108 valence electrons. The van der Waals surface area contributed by atoms with Crippen molar-refractivity contribution in [1.29, 1.82) is 0 Å². The molecular formula is C16H13FO3S. The van der Waals surface area contributed by atoms with Gasteiger partial charge in [-0.3, -0.25) is 9.59 Å². The molecule has 0 spiro atoms. The van der Waals surface area contributed by atoms with E-state index in [0.717, 1.165) is 10.4 Å². The lowest BCUT2D eigenvalue weighted by atomic mass is 9.86. The number of ether oxygens (including phenoxy) is 1. The average molecular weight is 304 g/mol. The van der Waals surface area contributed by atoms with Gasteiger partial charge >= 0.3 is 5.97 Å². The van der Waals surface area contributed by atoms with Crippen LogP contribution in [0.15, 0.2) is 35.7 Å². The molecule has 0 saturated heterocycles. The normalized spacial score (nSPS) is 21.0. The van der Waals surface area contributed by atoms with Crippen molar-refractivity contribution in [2.45, 2.75) is 25.6 Å². The minimum absolute atomic E-state index is 0.112. The second kappa shape index (κ2) is 5.41. The van der Waals surface area contributed by atoms with Gasteiger partial charge in [0.15, 0.2) is 12.0 Å². The zero-order valence-electron chi connectivity index (χ0n) is 11.3. The fraction of sp³-hybridized carbons (Fsp3) is 0.250. The van der Waals surface area contributed by atoms with Crippen LogP contribution in [-0.4, -0.2) is 17.9 Å². The summed E-state index contributed by atoms with van der Waals surface area (Å²) in [5.41, 5.74) is 1.83. The summed E-state index contributed by atoms with van der Waals surface area (Å²) < 4.78 is 19.0. The third-order valence-corrected chi connectivity index (χ3v) is 4.40. The van der Waals surface area contributed by atoms with Crippen LogP contribution < -0.4 is 0 Å². The second-order valence-electron chi connectivity index (χ2n) is 4.94. The number of alkyl halides is 1. The van der Waals surface area contributed by atoms with Gasteiger partial charge in [0.25, 0.3) is 0 Å². The van der Waals surface area contributed by atoms with Gasteiger partial charge in [-0.1, -0.05) is 18.2 Å². The average Bonchev–Trinajstić information content (AvgIpc) is 2.97. The van der Waals surface area contributed by atoms with Gasteiger partial charge in [0.05, 0.1) is 0 Å². The van der Waals surface area contributed by atoms with E-state index >= 15 is 0 Å². The third-order valence-electron chi connectivity index (χ3n) is 3.48. The Morgan fingerprint density at radius 2 is 2.19 bits per heavy atom. The molecule has 0 aliphatic heterocycles. The summed E-state index contributed by atoms with van der Waals surface area (Å²) in [6.45, 7) is 1.28. The summed E-state index contributed by atoms with van der Waals surface area (Å²) in [6.07, 6.45) is -2.43. The van der Waals surface area contributed by atoms with E-state index in [1.165, 1.54) is 6.92 Å². The van der Waals surface area contributed by atoms with Crippen molar-refractivity contribution in [3.8, 4) is 10.4 Å². The van der Waals surface area contributed by atoms with Crippen molar-refractivity contribution in [2.24, 2.45) is 0 Å². The fourth-order valence-electron chi connectivity index (χ4n) is 2.55. The van der Waals surface area contributed by atoms with E-state index in [1.54, 1.807) is 23.5 Å². The van der Waals surface area contributed by atoms with Crippen molar-refractivity contribution >= 4 is 23.1 Å². The highest BCUT2D eigenvalue weighted by molar-refractivity contribution is 7.13. The number of thiophene rings is 1. The number of carbonyl (C=O) groups excluding carboxylic acids is 2. The molecule has 2 atom stereocenters. The van der Waals surface area contributed by atoms with Crippen LogP contribution in [0.5, 0.6) is 0 Å². The molecule has 3 rings (SSSR count). The van der Waals surface area contributed by atoms with Crippen molar-refractivity contribution in [2.75, 3.05) is 0 Å². The second-order valence-corrected chi connectivity index (χ2v) is 5.89. The van der Waals surface area contributed by atoms with Gasteiger partial charge in [0.2, 0.25) is 0 Å². The maximum atomic E-state index is 13.8. The van der Waals surface area contributed by atoms with E-state index in [2.05, 4.69) is 0 Å².